The summed E-state index contributed by atoms with van der Waals surface area (Å²) < 4.78 is 98.7. The molecule has 1 N–H and O–H groups in total. The van der Waals surface area contributed by atoms with Gasteiger partial charge in [0.15, 0.2) is 0 Å². The predicted octanol–water partition coefficient (Wildman–Crippen LogP) is 8.75. The van der Waals surface area contributed by atoms with Crippen LogP contribution in [0.1, 0.15) is 33.4 Å². The molecule has 0 aliphatic heterocycles. The van der Waals surface area contributed by atoms with E-state index >= 15 is 0 Å². The zero-order valence-electron chi connectivity index (χ0n) is 26.5. The fourth-order valence-corrected chi connectivity index (χ4v) is 4.65. The number of aromatic amines is 1. The average molecular weight is 782 g/mol. The highest BCUT2D eigenvalue weighted by molar-refractivity contribution is 9.09. The third-order valence-corrected chi connectivity index (χ3v) is 7.32. The SMILES string of the molecule is FC(F)(F)c1ccc(Cc2ccccc2-c2nn[nH]n2)cc1.FCCBr.FCCn1nnc(-c2ccccc2Cc2ccc(C(F)(F)F)cc2)n1. The number of tetrazole rings is 2. The van der Waals surface area contributed by atoms with E-state index in [9.17, 15) is 35.1 Å². The van der Waals surface area contributed by atoms with Crippen LogP contribution < -0.4 is 0 Å². The second kappa shape index (κ2) is 18.3. The van der Waals surface area contributed by atoms with E-state index in [0.29, 0.717) is 35.4 Å². The molecule has 0 spiro atoms. The van der Waals surface area contributed by atoms with Crippen molar-refractivity contribution in [3.63, 3.8) is 0 Å². The van der Waals surface area contributed by atoms with Crippen LogP contribution in [0.25, 0.3) is 22.8 Å². The molecule has 0 saturated carbocycles. The number of halogens is 9. The maximum absolute atomic E-state index is 12.6. The third kappa shape index (κ3) is 11.5. The summed E-state index contributed by atoms with van der Waals surface area (Å²) in [6.45, 7) is -0.836. The molecule has 0 bridgehead atoms. The van der Waals surface area contributed by atoms with Crippen molar-refractivity contribution >= 4 is 15.9 Å². The Morgan fingerprint density at radius 1 is 0.608 bits per heavy atom. The minimum absolute atomic E-state index is 0.0219. The molecule has 17 heteroatoms. The van der Waals surface area contributed by atoms with Gasteiger partial charge in [-0.1, -0.05) is 88.7 Å². The minimum Gasteiger partial charge on any atom is -0.250 e. The van der Waals surface area contributed by atoms with E-state index in [1.54, 1.807) is 12.1 Å². The summed E-state index contributed by atoms with van der Waals surface area (Å²) in [6.07, 6.45) is -7.76. The lowest BCUT2D eigenvalue weighted by atomic mass is 9.98. The fourth-order valence-electron chi connectivity index (χ4n) is 4.65. The first-order valence-corrected chi connectivity index (χ1v) is 16.2. The summed E-state index contributed by atoms with van der Waals surface area (Å²) in [4.78, 5) is 1.17. The molecule has 0 aliphatic rings. The van der Waals surface area contributed by atoms with Gasteiger partial charge in [-0.3, -0.25) is 4.39 Å². The second-order valence-electron chi connectivity index (χ2n) is 10.6. The topological polar surface area (TPSA) is 98.1 Å². The quantitative estimate of drug-likeness (QED) is 0.116. The molecular weight excluding hydrogens is 752 g/mol. The predicted molar refractivity (Wildman–Crippen MR) is 177 cm³/mol. The minimum atomic E-state index is -4.35. The molecule has 0 radical (unpaired) electrons. The molecule has 2 heterocycles. The van der Waals surface area contributed by atoms with Gasteiger partial charge in [0.2, 0.25) is 11.6 Å². The van der Waals surface area contributed by atoms with Crippen LogP contribution in [-0.2, 0) is 31.7 Å². The van der Waals surface area contributed by atoms with Gasteiger partial charge in [-0.05, 0) is 69.8 Å². The first-order chi connectivity index (χ1) is 24.4. The number of rotatable bonds is 9. The number of aryl methyl sites for hydroxylation is 1. The molecule has 6 aromatic rings. The highest BCUT2D eigenvalue weighted by atomic mass is 79.9. The van der Waals surface area contributed by atoms with Gasteiger partial charge in [0.05, 0.1) is 24.3 Å². The van der Waals surface area contributed by atoms with Gasteiger partial charge < -0.3 is 0 Å². The van der Waals surface area contributed by atoms with Crippen molar-refractivity contribution in [2.45, 2.75) is 31.7 Å². The molecule has 6 rings (SSSR count). The normalized spacial score (nSPS) is 11.3. The smallest absolute Gasteiger partial charge is 0.250 e. The van der Waals surface area contributed by atoms with Crippen molar-refractivity contribution in [2.75, 3.05) is 18.7 Å². The maximum Gasteiger partial charge on any atom is 0.416 e. The molecule has 0 fully saturated rings. The van der Waals surface area contributed by atoms with Crippen LogP contribution in [0, 0.1) is 0 Å². The Bertz CT molecular complexity index is 1910. The van der Waals surface area contributed by atoms with Gasteiger partial charge in [-0.15, -0.1) is 20.4 Å². The van der Waals surface area contributed by atoms with Crippen LogP contribution in [0.15, 0.2) is 97.1 Å². The average Bonchev–Trinajstić information content (AvgIpc) is 3.83. The molecule has 2 aromatic heterocycles. The fraction of sp³-hybridized carbons (Fsp3) is 0.235. The largest absolute Gasteiger partial charge is 0.416 e. The number of aromatic nitrogens is 8. The maximum atomic E-state index is 12.6. The summed E-state index contributed by atoms with van der Waals surface area (Å²) in [5, 5.41) is 26.1. The lowest BCUT2D eigenvalue weighted by molar-refractivity contribution is -0.138. The Morgan fingerprint density at radius 2 is 1.08 bits per heavy atom. The molecule has 268 valence electrons. The number of benzene rings is 4. The van der Waals surface area contributed by atoms with Gasteiger partial charge in [-0.2, -0.15) is 36.4 Å². The van der Waals surface area contributed by atoms with Crippen molar-refractivity contribution < 1.29 is 35.1 Å². The van der Waals surface area contributed by atoms with Gasteiger partial charge in [-0.25, -0.2) is 4.39 Å². The highest BCUT2D eigenvalue weighted by Crippen LogP contribution is 2.31. The summed E-state index contributed by atoms with van der Waals surface area (Å²) in [6, 6.07) is 24.9. The molecular formula is C34H29BrF8N8. The molecule has 0 amide bonds. The summed E-state index contributed by atoms with van der Waals surface area (Å²) in [5.41, 5.74) is 3.47. The molecule has 4 aromatic carbocycles. The van der Waals surface area contributed by atoms with E-state index in [0.717, 1.165) is 52.1 Å². The van der Waals surface area contributed by atoms with Crippen LogP contribution in [0.3, 0.4) is 0 Å². The van der Waals surface area contributed by atoms with Gasteiger partial charge in [0.25, 0.3) is 0 Å². The van der Waals surface area contributed by atoms with Crippen molar-refractivity contribution in [1.82, 2.24) is 40.8 Å². The number of alkyl halides is 9. The Labute approximate surface area is 295 Å². The summed E-state index contributed by atoms with van der Waals surface area (Å²) in [7, 11) is 0. The number of hydrogen-bond donors (Lipinski definition) is 1. The van der Waals surface area contributed by atoms with Crippen LogP contribution in [0.4, 0.5) is 35.1 Å². The summed E-state index contributed by atoms with van der Waals surface area (Å²) >= 11 is 2.87. The Morgan fingerprint density at radius 3 is 1.49 bits per heavy atom. The third-order valence-electron chi connectivity index (χ3n) is 7.02. The van der Waals surface area contributed by atoms with E-state index in [1.165, 1.54) is 29.1 Å². The standard InChI is InChI=1S/C17H14F4N4.C15H11F3N4.C2H4BrF/c18-9-10-25-23-16(22-24-25)15-4-2-1-3-13(15)11-12-5-7-14(8-6-12)17(19,20)21;16-15(17,18)12-7-5-10(6-8-12)9-11-3-1-2-4-13(11)14-19-21-22-20-14;3-1-2-4/h1-8H,9-11H2;1-8H,9H2,(H,19,20,21,22);1-2H2. The van der Waals surface area contributed by atoms with Crippen LogP contribution >= 0.6 is 15.9 Å². The Hall–Kier alpha value is -5.06. The Kier molecular flexibility index (Phi) is 13.9. The van der Waals surface area contributed by atoms with E-state index < -0.39 is 30.2 Å². The zero-order valence-corrected chi connectivity index (χ0v) is 28.1. The second-order valence-corrected chi connectivity index (χ2v) is 11.4. The molecule has 0 unspecified atom stereocenters. The van der Waals surface area contributed by atoms with E-state index in [2.05, 4.69) is 52.0 Å². The van der Waals surface area contributed by atoms with E-state index in [1.807, 2.05) is 36.4 Å². The lowest BCUT2D eigenvalue weighted by Gasteiger charge is -2.09. The van der Waals surface area contributed by atoms with Crippen molar-refractivity contribution in [2.24, 2.45) is 0 Å². The molecule has 8 nitrogen and oxygen atoms in total. The molecule has 51 heavy (non-hydrogen) atoms. The zero-order chi connectivity index (χ0) is 36.9. The van der Waals surface area contributed by atoms with E-state index in [-0.39, 0.29) is 13.2 Å². The number of nitrogens with one attached hydrogen (secondary N) is 1. The van der Waals surface area contributed by atoms with Gasteiger partial charge in [0, 0.05) is 16.5 Å². The number of nitrogens with zero attached hydrogens (tertiary/aromatic N) is 7. The van der Waals surface area contributed by atoms with Crippen molar-refractivity contribution in [3.8, 4) is 22.8 Å². The van der Waals surface area contributed by atoms with Crippen LogP contribution in [0.5, 0.6) is 0 Å². The monoisotopic (exact) mass is 780 g/mol. The van der Waals surface area contributed by atoms with Crippen LogP contribution in [-0.4, -0.2) is 59.5 Å². The van der Waals surface area contributed by atoms with E-state index in [4.69, 9.17) is 0 Å². The first-order valence-electron chi connectivity index (χ1n) is 15.1. The number of hydrogen-bond acceptors (Lipinski definition) is 6. The Balaban J connectivity index is 0.000000208. The molecule has 0 saturated heterocycles. The molecule has 0 atom stereocenters. The summed E-state index contributed by atoms with van der Waals surface area (Å²) in [5.74, 6) is 0.818. The van der Waals surface area contributed by atoms with Gasteiger partial charge >= 0.3 is 12.4 Å². The lowest BCUT2D eigenvalue weighted by Crippen LogP contribution is -2.04. The van der Waals surface area contributed by atoms with Crippen LogP contribution in [0.2, 0.25) is 0 Å². The molecule has 0 aliphatic carbocycles. The first kappa shape index (κ1) is 38.7. The van der Waals surface area contributed by atoms with Crippen molar-refractivity contribution in [3.05, 3.63) is 130 Å². The van der Waals surface area contributed by atoms with Crippen molar-refractivity contribution in [1.29, 1.82) is 0 Å². The van der Waals surface area contributed by atoms with Gasteiger partial charge in [0.1, 0.15) is 6.67 Å². The highest BCUT2D eigenvalue weighted by Gasteiger charge is 2.30. The number of H-pyrrole nitrogens is 1.